The summed E-state index contributed by atoms with van der Waals surface area (Å²) < 4.78 is 12.7. The first-order chi connectivity index (χ1) is 7.99. The zero-order valence-corrected chi connectivity index (χ0v) is 9.74. The molecule has 0 saturated carbocycles. The van der Waals surface area contributed by atoms with Gasteiger partial charge < -0.3 is 10.4 Å². The van der Waals surface area contributed by atoms with Crippen molar-refractivity contribution in [1.29, 1.82) is 0 Å². The minimum absolute atomic E-state index is 0.204. The van der Waals surface area contributed by atoms with Gasteiger partial charge in [-0.2, -0.15) is 0 Å². The van der Waals surface area contributed by atoms with Gasteiger partial charge in [0.15, 0.2) is 0 Å². The Morgan fingerprint density at radius 2 is 2.12 bits per heavy atom. The molecule has 0 spiro atoms. The maximum atomic E-state index is 12.7. The van der Waals surface area contributed by atoms with E-state index < -0.39 is 5.54 Å². The third-order valence-corrected chi connectivity index (χ3v) is 2.47. The summed E-state index contributed by atoms with van der Waals surface area (Å²) in [7, 11) is 0. The number of hydrogen-bond donors (Lipinski definition) is 2. The van der Waals surface area contributed by atoms with Crippen LogP contribution in [0.5, 0.6) is 0 Å². The monoisotopic (exact) mass is 237 g/mol. The lowest BCUT2D eigenvalue weighted by Gasteiger charge is -2.28. The van der Waals surface area contributed by atoms with Crippen molar-refractivity contribution in [3.63, 3.8) is 0 Å². The number of halogens is 1. The molecule has 2 N–H and O–H groups in total. The Labute approximate surface area is 100.0 Å². The van der Waals surface area contributed by atoms with E-state index in [2.05, 4.69) is 11.9 Å². The first kappa shape index (κ1) is 13.4. The molecule has 0 heterocycles. The summed E-state index contributed by atoms with van der Waals surface area (Å²) in [6.45, 7) is 4.87. The summed E-state index contributed by atoms with van der Waals surface area (Å²) in [6.07, 6.45) is 1.57. The topological polar surface area (TPSA) is 49.3 Å². The smallest absolute Gasteiger partial charge is 0.243 e. The Kier molecular flexibility index (Phi) is 4.40. The number of aliphatic hydroxyl groups is 1. The molecule has 4 heteroatoms. The van der Waals surface area contributed by atoms with E-state index in [9.17, 15) is 14.3 Å². The molecule has 0 aromatic heterocycles. The van der Waals surface area contributed by atoms with Crippen LogP contribution in [0.25, 0.3) is 0 Å². The second kappa shape index (κ2) is 5.59. The fraction of sp³-hybridized carbons (Fsp3) is 0.308. The van der Waals surface area contributed by atoms with Gasteiger partial charge in [0.25, 0.3) is 0 Å². The van der Waals surface area contributed by atoms with Gasteiger partial charge in [0.1, 0.15) is 5.82 Å². The highest BCUT2D eigenvalue weighted by Crippen LogP contribution is 2.13. The Bertz CT molecular complexity index is 402. The Balaban J connectivity index is 2.77. The van der Waals surface area contributed by atoms with Crippen LogP contribution in [0.1, 0.15) is 12.5 Å². The van der Waals surface area contributed by atoms with Crippen LogP contribution < -0.4 is 5.32 Å². The number of amides is 1. The van der Waals surface area contributed by atoms with E-state index in [1.165, 1.54) is 12.1 Å². The summed E-state index contributed by atoms with van der Waals surface area (Å²) >= 11 is 0. The number of rotatable bonds is 5. The highest BCUT2D eigenvalue weighted by Gasteiger charge is 2.24. The molecule has 1 rings (SSSR count). The molecular weight excluding hydrogens is 221 g/mol. The SMILES string of the molecule is C=CC(=O)NC(C)(CO)Cc1ccc(F)cc1. The van der Waals surface area contributed by atoms with Crippen LogP contribution in [0.3, 0.4) is 0 Å². The van der Waals surface area contributed by atoms with Crippen LogP contribution in [0.4, 0.5) is 4.39 Å². The molecule has 0 bridgehead atoms. The molecule has 1 aromatic carbocycles. The van der Waals surface area contributed by atoms with Crippen LogP contribution in [0.2, 0.25) is 0 Å². The molecule has 0 aliphatic carbocycles. The minimum Gasteiger partial charge on any atom is -0.394 e. The lowest BCUT2D eigenvalue weighted by molar-refractivity contribution is -0.118. The van der Waals surface area contributed by atoms with E-state index in [0.29, 0.717) is 6.42 Å². The number of carbonyl (C=O) groups excluding carboxylic acids is 1. The maximum Gasteiger partial charge on any atom is 0.243 e. The van der Waals surface area contributed by atoms with Crippen LogP contribution in [0.15, 0.2) is 36.9 Å². The lowest BCUT2D eigenvalue weighted by atomic mass is 9.93. The average molecular weight is 237 g/mol. The van der Waals surface area contributed by atoms with Gasteiger partial charge in [-0.3, -0.25) is 4.79 Å². The first-order valence-electron chi connectivity index (χ1n) is 5.29. The zero-order chi connectivity index (χ0) is 12.9. The van der Waals surface area contributed by atoms with E-state index in [4.69, 9.17) is 0 Å². The van der Waals surface area contributed by atoms with Gasteiger partial charge in [-0.15, -0.1) is 0 Å². The molecular formula is C13H16FNO2. The van der Waals surface area contributed by atoms with Crippen molar-refractivity contribution < 1.29 is 14.3 Å². The number of carbonyl (C=O) groups is 1. The molecule has 1 amide bonds. The van der Waals surface area contributed by atoms with E-state index in [0.717, 1.165) is 11.6 Å². The third kappa shape index (κ3) is 4.00. The summed E-state index contributed by atoms with van der Waals surface area (Å²) in [6, 6.07) is 5.96. The molecule has 0 aliphatic heterocycles. The second-order valence-electron chi connectivity index (χ2n) is 4.22. The van der Waals surface area contributed by atoms with Gasteiger partial charge in [-0.25, -0.2) is 4.39 Å². The van der Waals surface area contributed by atoms with Crippen molar-refractivity contribution in [3.8, 4) is 0 Å². The molecule has 0 saturated heterocycles. The number of hydrogen-bond acceptors (Lipinski definition) is 2. The van der Waals surface area contributed by atoms with Crippen molar-refractivity contribution >= 4 is 5.91 Å². The van der Waals surface area contributed by atoms with Gasteiger partial charge in [-0.05, 0) is 37.1 Å². The van der Waals surface area contributed by atoms with Crippen LogP contribution in [-0.4, -0.2) is 23.2 Å². The summed E-state index contributed by atoms with van der Waals surface area (Å²) in [5.74, 6) is -0.654. The Morgan fingerprint density at radius 1 is 1.53 bits per heavy atom. The van der Waals surface area contributed by atoms with Crippen molar-refractivity contribution in [2.24, 2.45) is 0 Å². The molecule has 0 aliphatic rings. The molecule has 0 fully saturated rings. The standard InChI is InChI=1S/C13H16FNO2/c1-3-12(17)15-13(2,9-16)8-10-4-6-11(14)7-5-10/h3-7,16H,1,8-9H2,2H3,(H,15,17). The molecule has 1 unspecified atom stereocenters. The Morgan fingerprint density at radius 3 is 2.59 bits per heavy atom. The molecule has 1 aromatic rings. The molecule has 1 atom stereocenters. The van der Waals surface area contributed by atoms with Crippen molar-refractivity contribution in [2.45, 2.75) is 18.9 Å². The number of nitrogens with one attached hydrogen (secondary N) is 1. The normalized spacial score (nSPS) is 13.8. The van der Waals surface area contributed by atoms with Gasteiger partial charge in [0.2, 0.25) is 5.91 Å². The van der Waals surface area contributed by atoms with E-state index in [1.54, 1.807) is 19.1 Å². The molecule has 3 nitrogen and oxygen atoms in total. The lowest BCUT2D eigenvalue weighted by Crippen LogP contribution is -2.50. The van der Waals surface area contributed by atoms with E-state index in [-0.39, 0.29) is 18.3 Å². The fourth-order valence-corrected chi connectivity index (χ4v) is 1.54. The Hall–Kier alpha value is -1.68. The van der Waals surface area contributed by atoms with Gasteiger partial charge in [0, 0.05) is 0 Å². The second-order valence-corrected chi connectivity index (χ2v) is 4.22. The third-order valence-electron chi connectivity index (χ3n) is 2.47. The largest absolute Gasteiger partial charge is 0.394 e. The highest BCUT2D eigenvalue weighted by molar-refractivity contribution is 5.87. The van der Waals surface area contributed by atoms with Gasteiger partial charge >= 0.3 is 0 Å². The summed E-state index contributed by atoms with van der Waals surface area (Å²) in [4.78, 5) is 11.2. The zero-order valence-electron chi connectivity index (χ0n) is 9.74. The van der Waals surface area contributed by atoms with Gasteiger partial charge in [0.05, 0.1) is 12.1 Å². The van der Waals surface area contributed by atoms with Crippen molar-refractivity contribution in [3.05, 3.63) is 48.3 Å². The summed E-state index contributed by atoms with van der Waals surface area (Å²) in [5, 5.41) is 12.0. The molecule has 92 valence electrons. The van der Waals surface area contributed by atoms with E-state index in [1.807, 2.05) is 0 Å². The predicted octanol–water partition coefficient (Wildman–Crippen LogP) is 1.42. The fourth-order valence-electron chi connectivity index (χ4n) is 1.54. The maximum absolute atomic E-state index is 12.7. The number of aliphatic hydroxyl groups excluding tert-OH is 1. The van der Waals surface area contributed by atoms with Crippen LogP contribution in [0, 0.1) is 5.82 Å². The minimum atomic E-state index is -0.775. The van der Waals surface area contributed by atoms with Gasteiger partial charge in [-0.1, -0.05) is 18.7 Å². The van der Waals surface area contributed by atoms with Crippen LogP contribution >= 0.6 is 0 Å². The van der Waals surface area contributed by atoms with E-state index >= 15 is 0 Å². The number of benzene rings is 1. The van der Waals surface area contributed by atoms with Crippen LogP contribution in [-0.2, 0) is 11.2 Å². The molecule has 0 radical (unpaired) electrons. The average Bonchev–Trinajstić information content (AvgIpc) is 2.32. The van der Waals surface area contributed by atoms with Crippen molar-refractivity contribution in [2.75, 3.05) is 6.61 Å². The highest BCUT2D eigenvalue weighted by atomic mass is 19.1. The molecule has 17 heavy (non-hydrogen) atoms. The predicted molar refractivity (Wildman–Crippen MR) is 63.9 cm³/mol. The summed E-state index contributed by atoms with van der Waals surface area (Å²) in [5.41, 5.74) is 0.0654. The quantitative estimate of drug-likeness (QED) is 0.761. The van der Waals surface area contributed by atoms with Crippen molar-refractivity contribution in [1.82, 2.24) is 5.32 Å². The first-order valence-corrected chi connectivity index (χ1v) is 5.29.